The lowest BCUT2D eigenvalue weighted by Crippen LogP contribution is -2.46. The molecule has 1 aliphatic carbocycles. The average Bonchev–Trinajstić information content (AvgIpc) is 3.38. The van der Waals surface area contributed by atoms with Gasteiger partial charge in [-0.1, -0.05) is 45.9 Å². The molecule has 6 N–H and O–H groups in total. The Labute approximate surface area is 313 Å². The summed E-state index contributed by atoms with van der Waals surface area (Å²) in [6.45, 7) is 11.5. The molecule has 1 aromatic rings. The minimum Gasteiger partial charge on any atom is -0.507 e. The Hall–Kier alpha value is -4.70. The van der Waals surface area contributed by atoms with Crippen molar-refractivity contribution in [1.29, 1.82) is 0 Å². The van der Waals surface area contributed by atoms with Crippen molar-refractivity contribution in [1.82, 2.24) is 5.32 Å². The number of carbonyl (C=O) groups excluding carboxylic acids is 3. The Balaban J connectivity index is 1.88. The number of ketones is 1. The first-order chi connectivity index (χ1) is 25.2. The fourth-order valence-electron chi connectivity index (χ4n) is 7.17. The Bertz CT molecular complexity index is 1760. The second-order valence-electron chi connectivity index (χ2n) is 14.4. The Morgan fingerprint density at radius 3 is 2.26 bits per heavy atom. The summed E-state index contributed by atoms with van der Waals surface area (Å²) in [6.07, 6.45) is 3.09. The smallest absolute Gasteiger partial charge is 0.341 e. The monoisotopic (exact) mass is 757 g/mol. The van der Waals surface area contributed by atoms with E-state index in [0.29, 0.717) is 0 Å². The van der Waals surface area contributed by atoms with Crippen molar-refractivity contribution in [2.45, 2.75) is 97.7 Å². The van der Waals surface area contributed by atoms with Crippen molar-refractivity contribution in [3.05, 3.63) is 64.5 Å². The van der Waals surface area contributed by atoms with E-state index in [9.17, 15) is 44.7 Å². The Morgan fingerprint density at radius 1 is 0.981 bits per heavy atom. The van der Waals surface area contributed by atoms with E-state index in [1.807, 2.05) is 0 Å². The highest BCUT2D eigenvalue weighted by Gasteiger charge is 2.52. The van der Waals surface area contributed by atoms with Gasteiger partial charge in [-0.2, -0.15) is 0 Å². The summed E-state index contributed by atoms with van der Waals surface area (Å²) in [5.74, 6) is -8.63. The number of aliphatic carboxylic acids is 1. The number of carbonyl (C=O) groups is 4. The van der Waals surface area contributed by atoms with Gasteiger partial charge in [0, 0.05) is 66.9 Å². The van der Waals surface area contributed by atoms with E-state index in [1.165, 1.54) is 59.3 Å². The predicted molar refractivity (Wildman–Crippen MR) is 193 cm³/mol. The van der Waals surface area contributed by atoms with Crippen LogP contribution in [0.3, 0.4) is 0 Å². The van der Waals surface area contributed by atoms with Crippen LogP contribution in [0.15, 0.2) is 42.2 Å². The molecule has 296 valence electrons. The lowest BCUT2D eigenvalue weighted by atomic mass is 9.78. The van der Waals surface area contributed by atoms with E-state index in [-0.39, 0.29) is 39.3 Å². The van der Waals surface area contributed by atoms with Crippen molar-refractivity contribution >= 4 is 29.4 Å². The van der Waals surface area contributed by atoms with Gasteiger partial charge in [0.25, 0.3) is 5.78 Å². The van der Waals surface area contributed by atoms with Crippen LogP contribution in [-0.4, -0.2) is 99.1 Å². The number of aliphatic hydroxyl groups is 3. The molecule has 1 amide bonds. The standard InChI is InChI=1S/C39H51NO14/c1-17-11-10-12-18(2)38(49)40-24-15-26(51-16-27(42)43)28-29(34(24)47)33(46)22(6)36-30(28)37(48)39(8,54-36)52-14-13-25(50-9)19(3)35(53-23(7)41)21(5)32(45)20(4)31(17)44/h10-15,17,19-21,24-25,31-32,34-35,44-47H,16H2,1-9H3,(H,40,49)(H,42,43)/b11-10-,14-13-,18-12-. The normalized spacial score (nSPS) is 35.3. The molecule has 15 nitrogen and oxygen atoms in total. The maximum absolute atomic E-state index is 14.2. The Kier molecular flexibility index (Phi) is 13.0. The number of nitrogens with one attached hydrogen (secondary N) is 1. The summed E-state index contributed by atoms with van der Waals surface area (Å²) in [5.41, 5.74) is -0.208. The number of rotatable bonds is 5. The molecule has 1 aromatic carbocycles. The van der Waals surface area contributed by atoms with Crippen molar-refractivity contribution in [3.63, 3.8) is 0 Å². The molecule has 0 radical (unpaired) electrons. The van der Waals surface area contributed by atoms with Crippen LogP contribution in [-0.2, 0) is 33.3 Å². The number of fused-ring (bicyclic) bond motifs is 13. The largest absolute Gasteiger partial charge is 0.507 e. The highest BCUT2D eigenvalue weighted by Crippen LogP contribution is 2.52. The van der Waals surface area contributed by atoms with Gasteiger partial charge in [-0.25, -0.2) is 4.79 Å². The van der Waals surface area contributed by atoms with Crippen LogP contribution in [0.25, 0.3) is 5.76 Å². The van der Waals surface area contributed by atoms with Gasteiger partial charge in [0.15, 0.2) is 6.61 Å². The first kappa shape index (κ1) is 42.0. The molecule has 11 atom stereocenters. The molecule has 54 heavy (non-hydrogen) atoms. The van der Waals surface area contributed by atoms with Crippen molar-refractivity contribution in [2.75, 3.05) is 13.7 Å². The molecule has 4 aliphatic rings. The molecule has 0 spiro atoms. The van der Waals surface area contributed by atoms with Gasteiger partial charge in [-0.3, -0.25) is 14.4 Å². The summed E-state index contributed by atoms with van der Waals surface area (Å²) in [6, 6.07) is -1.24. The molecule has 11 unspecified atom stereocenters. The van der Waals surface area contributed by atoms with Gasteiger partial charge < -0.3 is 54.5 Å². The van der Waals surface area contributed by atoms with Crippen LogP contribution >= 0.6 is 0 Å². The van der Waals surface area contributed by atoms with Crippen LogP contribution < -0.4 is 10.1 Å². The molecule has 0 aromatic heterocycles. The second kappa shape index (κ2) is 16.8. The molecule has 15 heteroatoms. The number of hydrogen-bond donors (Lipinski definition) is 6. The Morgan fingerprint density at radius 2 is 1.65 bits per heavy atom. The van der Waals surface area contributed by atoms with E-state index in [2.05, 4.69) is 5.32 Å². The minimum atomic E-state index is -2.04. The number of carboxylic acids is 1. The van der Waals surface area contributed by atoms with Crippen LogP contribution in [0.1, 0.15) is 81.6 Å². The van der Waals surface area contributed by atoms with Crippen molar-refractivity contribution in [2.24, 2.45) is 23.7 Å². The molecule has 0 saturated carbocycles. The lowest BCUT2D eigenvalue weighted by molar-refractivity contribution is -0.160. The zero-order valence-electron chi connectivity index (χ0n) is 31.9. The quantitative estimate of drug-likeness (QED) is 0.237. The predicted octanol–water partition coefficient (Wildman–Crippen LogP) is 3.23. The maximum Gasteiger partial charge on any atom is 0.341 e. The van der Waals surface area contributed by atoms with E-state index in [1.54, 1.807) is 39.8 Å². The first-order valence-electron chi connectivity index (χ1n) is 17.7. The molecule has 0 fully saturated rings. The highest BCUT2D eigenvalue weighted by atomic mass is 16.7. The maximum atomic E-state index is 14.2. The van der Waals surface area contributed by atoms with Gasteiger partial charge in [0.2, 0.25) is 5.91 Å². The summed E-state index contributed by atoms with van der Waals surface area (Å²) in [5, 5.41) is 57.8. The number of Topliss-reactive ketones (excluding diaryl/α,β-unsaturated/α-hetero) is 1. The average molecular weight is 758 g/mol. The molecular formula is C39H51NO14. The number of methoxy groups -OCH3 is 1. The van der Waals surface area contributed by atoms with Gasteiger partial charge in [0.05, 0.1) is 36.2 Å². The fourth-order valence-corrected chi connectivity index (χ4v) is 7.17. The number of benzene rings is 1. The number of carboxylic acid groups (broad SMARTS) is 1. The van der Waals surface area contributed by atoms with Gasteiger partial charge in [-0.15, -0.1) is 0 Å². The van der Waals surface area contributed by atoms with Crippen LogP contribution in [0.5, 0.6) is 11.5 Å². The van der Waals surface area contributed by atoms with Crippen LogP contribution in [0.2, 0.25) is 0 Å². The minimum absolute atomic E-state index is 0.0643. The van der Waals surface area contributed by atoms with E-state index in [4.69, 9.17) is 23.7 Å². The number of hydrogen-bond acceptors (Lipinski definition) is 13. The lowest BCUT2D eigenvalue weighted by Gasteiger charge is -2.38. The third kappa shape index (κ3) is 8.33. The van der Waals surface area contributed by atoms with Gasteiger partial charge >= 0.3 is 17.7 Å². The zero-order chi connectivity index (χ0) is 40.4. The second-order valence-corrected chi connectivity index (χ2v) is 14.4. The SMILES string of the molecule is COC1/C=C\OC2(C)Oc3c(C)c(O)c4c(c3C2=O)C(OCC(=O)O)=CC(NC(=O)/C(C)=C\C=C/C(C)C(O)C(C)C(O)C(C)C(OC(C)=O)C1C)C4O. The number of allylic oxidation sites excluding steroid dienone is 2. The van der Waals surface area contributed by atoms with Gasteiger partial charge in [0.1, 0.15) is 29.5 Å². The topological polar surface area (TPSA) is 228 Å². The number of amides is 1. The number of phenolic OH excluding ortho intramolecular Hbond substituents is 1. The van der Waals surface area contributed by atoms with E-state index < -0.39 is 102 Å². The fraction of sp³-hybridized carbons (Fsp3) is 0.538. The summed E-state index contributed by atoms with van der Waals surface area (Å²) in [4.78, 5) is 51.4. The number of ether oxygens (including phenoxy) is 5. The first-order valence-corrected chi connectivity index (χ1v) is 17.7. The molecule has 3 heterocycles. The van der Waals surface area contributed by atoms with E-state index in [0.717, 1.165) is 0 Å². The zero-order valence-corrected chi connectivity index (χ0v) is 31.9. The molecular weight excluding hydrogens is 706 g/mol. The summed E-state index contributed by atoms with van der Waals surface area (Å²) >= 11 is 0. The molecule has 0 saturated heterocycles. The van der Waals surface area contributed by atoms with Gasteiger partial charge in [-0.05, 0) is 26.0 Å². The van der Waals surface area contributed by atoms with Crippen molar-refractivity contribution in [3.8, 4) is 11.5 Å². The number of aromatic hydroxyl groups is 1. The summed E-state index contributed by atoms with van der Waals surface area (Å²) in [7, 11) is 1.42. The third-order valence-corrected chi connectivity index (χ3v) is 10.5. The molecule has 5 bridgehead atoms. The number of aliphatic hydroxyl groups excluding tert-OH is 3. The highest BCUT2D eigenvalue weighted by molar-refractivity contribution is 6.11. The molecule has 3 aliphatic heterocycles. The van der Waals surface area contributed by atoms with Crippen LogP contribution in [0.4, 0.5) is 0 Å². The molecule has 5 rings (SSSR count). The van der Waals surface area contributed by atoms with Crippen molar-refractivity contribution < 1.29 is 68.4 Å². The number of phenols is 1. The number of esters is 1. The third-order valence-electron chi connectivity index (χ3n) is 10.5. The van der Waals surface area contributed by atoms with Crippen LogP contribution in [0, 0.1) is 30.6 Å². The van der Waals surface area contributed by atoms with E-state index >= 15 is 0 Å². The summed E-state index contributed by atoms with van der Waals surface area (Å²) < 4.78 is 29.0.